The summed E-state index contributed by atoms with van der Waals surface area (Å²) < 4.78 is 0. The third-order valence-corrected chi connectivity index (χ3v) is 0.649. The molecule has 0 spiro atoms. The lowest BCUT2D eigenvalue weighted by Crippen LogP contribution is -1.86. The molecule has 0 amide bonds. The van der Waals surface area contributed by atoms with Gasteiger partial charge in [-0.2, -0.15) is 0 Å². The van der Waals surface area contributed by atoms with E-state index in [1.165, 1.54) is 12.2 Å². The molecule has 0 saturated heterocycles. The molecule has 0 heterocycles. The molecule has 0 aromatic heterocycles. The van der Waals surface area contributed by atoms with Gasteiger partial charge in [0, 0.05) is 6.42 Å². The van der Waals surface area contributed by atoms with Crippen molar-refractivity contribution < 1.29 is 4.79 Å². The summed E-state index contributed by atoms with van der Waals surface area (Å²) in [4.78, 5) is 10.4. The molecule has 0 rings (SSSR count). The van der Waals surface area contributed by atoms with Gasteiger partial charge in [-0.25, -0.2) is 0 Å². The van der Waals surface area contributed by atoms with Crippen molar-refractivity contribution in [3.63, 3.8) is 0 Å². The molecule has 0 N–H and O–H groups in total. The van der Waals surface area contributed by atoms with Gasteiger partial charge in [-0.05, 0) is 13.0 Å². The lowest BCUT2D eigenvalue weighted by atomic mass is 10.3. The van der Waals surface area contributed by atoms with E-state index in [1.807, 2.05) is 0 Å². The Morgan fingerprint density at radius 1 is 1.62 bits per heavy atom. The lowest BCUT2D eigenvalue weighted by Gasteiger charge is -1.80. The second kappa shape index (κ2) is 4.31. The first kappa shape index (κ1) is 7.15. The monoisotopic (exact) mass is 109 g/mol. The zero-order valence-corrected chi connectivity index (χ0v) is 4.76. The second-order valence-electron chi connectivity index (χ2n) is 1.36. The summed E-state index contributed by atoms with van der Waals surface area (Å²) >= 11 is 0. The molecule has 0 aromatic carbocycles. The summed E-state index contributed by atoms with van der Waals surface area (Å²) in [5.74, 6) is 0.0509. The molecular formula is C7H9O. The van der Waals surface area contributed by atoms with E-state index in [2.05, 4.69) is 13.5 Å². The van der Waals surface area contributed by atoms with Crippen molar-refractivity contribution in [2.45, 2.75) is 6.42 Å². The predicted molar refractivity (Wildman–Crippen MR) is 34.3 cm³/mol. The first-order valence-corrected chi connectivity index (χ1v) is 2.40. The first-order chi connectivity index (χ1) is 3.81. The molecule has 0 aromatic rings. The molecule has 0 unspecified atom stereocenters. The van der Waals surface area contributed by atoms with Crippen molar-refractivity contribution >= 4 is 5.78 Å². The van der Waals surface area contributed by atoms with Gasteiger partial charge in [-0.3, -0.25) is 4.79 Å². The molecule has 1 radical (unpaired) electrons. The van der Waals surface area contributed by atoms with Crippen LogP contribution in [0.3, 0.4) is 0 Å². The van der Waals surface area contributed by atoms with Crippen molar-refractivity contribution in [3.05, 3.63) is 31.7 Å². The highest BCUT2D eigenvalue weighted by molar-refractivity contribution is 5.90. The maximum atomic E-state index is 10.4. The third-order valence-electron chi connectivity index (χ3n) is 0.649. The molecule has 1 heteroatoms. The van der Waals surface area contributed by atoms with Gasteiger partial charge in [0.05, 0.1) is 0 Å². The topological polar surface area (TPSA) is 17.1 Å². The van der Waals surface area contributed by atoms with Crippen molar-refractivity contribution in [3.8, 4) is 0 Å². The van der Waals surface area contributed by atoms with Gasteiger partial charge in [0.15, 0.2) is 5.78 Å². The largest absolute Gasteiger partial charge is 0.295 e. The van der Waals surface area contributed by atoms with E-state index in [9.17, 15) is 4.79 Å². The van der Waals surface area contributed by atoms with Crippen LogP contribution >= 0.6 is 0 Å². The Labute approximate surface area is 49.7 Å². The number of ketones is 1. The fraction of sp³-hybridized carbons (Fsp3) is 0.143. The van der Waals surface area contributed by atoms with E-state index >= 15 is 0 Å². The van der Waals surface area contributed by atoms with Crippen molar-refractivity contribution in [2.75, 3.05) is 0 Å². The van der Waals surface area contributed by atoms with E-state index in [-0.39, 0.29) is 5.78 Å². The minimum atomic E-state index is 0.0509. The molecular weight excluding hydrogens is 100 g/mol. The highest BCUT2D eigenvalue weighted by atomic mass is 16.1. The molecule has 8 heavy (non-hydrogen) atoms. The minimum absolute atomic E-state index is 0.0509. The van der Waals surface area contributed by atoms with E-state index in [0.29, 0.717) is 6.42 Å². The predicted octanol–water partition coefficient (Wildman–Crippen LogP) is 1.52. The average Bonchev–Trinajstić information content (AvgIpc) is 1.68. The standard InChI is InChI=1S/C7H9O/c1-3-5-7(8)6-4-2/h3-5H,1-2,6H2/b5-3+. The number of rotatable bonds is 3. The zero-order chi connectivity index (χ0) is 6.41. The normalized spacial score (nSPS) is 9.62. The number of hydrogen-bond acceptors (Lipinski definition) is 1. The van der Waals surface area contributed by atoms with Gasteiger partial charge in [0.25, 0.3) is 0 Å². The highest BCUT2D eigenvalue weighted by Gasteiger charge is 1.86. The van der Waals surface area contributed by atoms with Crippen LogP contribution in [-0.2, 0) is 4.79 Å². The Bertz CT molecular complexity index is 112. The molecule has 0 atom stereocenters. The maximum Gasteiger partial charge on any atom is 0.159 e. The zero-order valence-electron chi connectivity index (χ0n) is 4.76. The highest BCUT2D eigenvalue weighted by Crippen LogP contribution is 1.83. The van der Waals surface area contributed by atoms with E-state index in [0.717, 1.165) is 0 Å². The third kappa shape index (κ3) is 3.34. The second-order valence-corrected chi connectivity index (χ2v) is 1.36. The Kier molecular flexibility index (Phi) is 3.85. The van der Waals surface area contributed by atoms with Crippen LogP contribution in [0.25, 0.3) is 0 Å². The van der Waals surface area contributed by atoms with Crippen molar-refractivity contribution in [2.24, 2.45) is 0 Å². The van der Waals surface area contributed by atoms with E-state index in [4.69, 9.17) is 0 Å². The molecule has 43 valence electrons. The smallest absolute Gasteiger partial charge is 0.159 e. The molecule has 0 aliphatic heterocycles. The molecule has 1 nitrogen and oxygen atoms in total. The average molecular weight is 109 g/mol. The van der Waals surface area contributed by atoms with Crippen LogP contribution in [0.1, 0.15) is 6.42 Å². The summed E-state index contributed by atoms with van der Waals surface area (Å²) in [5.41, 5.74) is 0. The van der Waals surface area contributed by atoms with Gasteiger partial charge in [-0.1, -0.05) is 12.2 Å². The Balaban J connectivity index is 3.48. The van der Waals surface area contributed by atoms with Gasteiger partial charge in [0.2, 0.25) is 0 Å². The van der Waals surface area contributed by atoms with Gasteiger partial charge < -0.3 is 0 Å². The fourth-order valence-electron chi connectivity index (χ4n) is 0.342. The Morgan fingerprint density at radius 3 is 2.62 bits per heavy atom. The minimum Gasteiger partial charge on any atom is -0.295 e. The van der Waals surface area contributed by atoms with E-state index < -0.39 is 0 Å². The van der Waals surface area contributed by atoms with Gasteiger partial charge in [-0.15, -0.1) is 6.58 Å². The summed E-state index contributed by atoms with van der Waals surface area (Å²) in [7, 11) is 0. The lowest BCUT2D eigenvalue weighted by molar-refractivity contribution is -0.113. The molecule has 0 aliphatic carbocycles. The van der Waals surface area contributed by atoms with Gasteiger partial charge >= 0.3 is 0 Å². The maximum absolute atomic E-state index is 10.4. The number of carbonyl (C=O) groups excluding carboxylic acids is 1. The van der Waals surface area contributed by atoms with Crippen molar-refractivity contribution in [1.29, 1.82) is 0 Å². The summed E-state index contributed by atoms with van der Waals surface area (Å²) in [6.07, 6.45) is 4.89. The Morgan fingerprint density at radius 2 is 2.25 bits per heavy atom. The molecule has 0 bridgehead atoms. The summed E-state index contributed by atoms with van der Waals surface area (Å²) in [6, 6.07) is 0. The summed E-state index contributed by atoms with van der Waals surface area (Å²) in [5, 5.41) is 0. The van der Waals surface area contributed by atoms with Crippen LogP contribution in [0.4, 0.5) is 0 Å². The number of hydrogen-bond donors (Lipinski definition) is 0. The summed E-state index contributed by atoms with van der Waals surface area (Å²) in [6.45, 7) is 6.78. The molecule has 0 saturated carbocycles. The fourth-order valence-corrected chi connectivity index (χ4v) is 0.342. The van der Waals surface area contributed by atoms with Crippen LogP contribution in [0, 0.1) is 6.92 Å². The van der Waals surface area contributed by atoms with Crippen LogP contribution < -0.4 is 0 Å². The van der Waals surface area contributed by atoms with Crippen LogP contribution in [-0.4, -0.2) is 5.78 Å². The van der Waals surface area contributed by atoms with Crippen LogP contribution in [0.2, 0.25) is 0 Å². The van der Waals surface area contributed by atoms with E-state index in [1.54, 1.807) is 6.08 Å². The quantitative estimate of drug-likeness (QED) is 0.396. The number of carbonyl (C=O) groups is 1. The first-order valence-electron chi connectivity index (χ1n) is 2.40. The van der Waals surface area contributed by atoms with Gasteiger partial charge in [0.1, 0.15) is 0 Å². The van der Waals surface area contributed by atoms with Crippen LogP contribution in [0.15, 0.2) is 24.8 Å². The number of allylic oxidation sites excluding steroid dienone is 3. The molecule has 0 fully saturated rings. The molecule has 0 aliphatic rings. The van der Waals surface area contributed by atoms with Crippen LogP contribution in [0.5, 0.6) is 0 Å². The Hall–Kier alpha value is -0.850. The van der Waals surface area contributed by atoms with Crippen molar-refractivity contribution in [1.82, 2.24) is 0 Å². The SMILES string of the molecule is [CH2]/C=C/C(=O)CC=C.